The molecule has 1 unspecified atom stereocenters. The van der Waals surface area contributed by atoms with E-state index in [0.717, 1.165) is 18.6 Å². The Labute approximate surface area is 193 Å². The van der Waals surface area contributed by atoms with Gasteiger partial charge in [0.1, 0.15) is 4.99 Å². The Morgan fingerprint density at radius 2 is 1.82 bits per heavy atom. The number of anilines is 2. The number of thiocarbonyl (C=S) groups is 1. The van der Waals surface area contributed by atoms with Gasteiger partial charge in [0.15, 0.2) is 6.23 Å². The zero-order chi connectivity index (χ0) is 24.0. The summed E-state index contributed by atoms with van der Waals surface area (Å²) in [5.74, 6) is -0.946. The average Bonchev–Trinajstić information content (AvgIpc) is 2.73. The molecule has 1 aliphatic heterocycles. The molecule has 1 heterocycles. The molecular weight excluding hydrogens is 455 g/mol. The average molecular weight is 475 g/mol. The highest BCUT2D eigenvalue weighted by atomic mass is 32.1. The van der Waals surface area contributed by atoms with Crippen LogP contribution in [0.3, 0.4) is 0 Å². The normalized spacial score (nSPS) is 19.8. The third-order valence-corrected chi connectivity index (χ3v) is 6.62. The largest absolute Gasteiger partial charge is 0.481 e. The second kappa shape index (κ2) is 8.32. The van der Waals surface area contributed by atoms with Gasteiger partial charge in [-0.25, -0.2) is 0 Å². The molecule has 10 heteroatoms. The molecule has 1 saturated carbocycles. The Bertz CT molecular complexity index is 1140. The van der Waals surface area contributed by atoms with Crippen molar-refractivity contribution in [2.75, 3.05) is 16.3 Å². The van der Waals surface area contributed by atoms with Gasteiger partial charge < -0.3 is 20.0 Å². The Morgan fingerprint density at radius 1 is 1.18 bits per heavy atom. The number of aliphatic hydroxyl groups excluding tert-OH is 1. The lowest BCUT2D eigenvalue weighted by Crippen LogP contribution is -2.73. The second-order valence-corrected chi connectivity index (χ2v) is 8.74. The van der Waals surface area contributed by atoms with Gasteiger partial charge in [-0.1, -0.05) is 24.4 Å². The van der Waals surface area contributed by atoms with Crippen molar-refractivity contribution in [3.63, 3.8) is 0 Å². The number of carboxylic acid groups (broad SMARTS) is 1. The van der Waals surface area contributed by atoms with Gasteiger partial charge in [-0.2, -0.15) is 18.4 Å². The number of hydrogen-bond acceptors (Lipinski definition) is 5. The highest BCUT2D eigenvalue weighted by molar-refractivity contribution is 7.80. The van der Waals surface area contributed by atoms with E-state index in [1.54, 1.807) is 30.3 Å². The monoisotopic (exact) mass is 475 g/mol. The van der Waals surface area contributed by atoms with E-state index in [2.05, 4.69) is 0 Å². The maximum atomic E-state index is 13.5. The number of hydrogen-bond donors (Lipinski definition) is 2. The molecule has 2 aromatic rings. The summed E-state index contributed by atoms with van der Waals surface area (Å²) >= 11 is 5.65. The summed E-state index contributed by atoms with van der Waals surface area (Å²) in [6.07, 6.45) is -3.96. The first-order valence-corrected chi connectivity index (χ1v) is 10.7. The molecule has 0 aromatic heterocycles. The lowest BCUT2D eigenvalue weighted by atomic mass is 9.71. The van der Waals surface area contributed by atoms with Gasteiger partial charge in [-0.05, 0) is 55.2 Å². The summed E-state index contributed by atoms with van der Waals surface area (Å²) in [7, 11) is 0. The summed E-state index contributed by atoms with van der Waals surface area (Å²) in [4.78, 5) is 14.7. The first-order valence-electron chi connectivity index (χ1n) is 10.3. The zero-order valence-corrected chi connectivity index (χ0v) is 18.2. The minimum atomic E-state index is -4.71. The van der Waals surface area contributed by atoms with Crippen LogP contribution in [-0.4, -0.2) is 39.5 Å². The maximum Gasteiger partial charge on any atom is 0.417 e. The van der Waals surface area contributed by atoms with Gasteiger partial charge in [0, 0.05) is 11.4 Å². The molecule has 172 valence electrons. The van der Waals surface area contributed by atoms with E-state index in [1.165, 1.54) is 11.0 Å². The number of piperazine rings is 1. The van der Waals surface area contributed by atoms with Gasteiger partial charge in [-0.15, -0.1) is 0 Å². The topological polar surface area (TPSA) is 87.8 Å². The van der Waals surface area contributed by atoms with Crippen molar-refractivity contribution >= 4 is 34.6 Å². The molecule has 1 aliphatic carbocycles. The number of aliphatic hydroxyl groups is 1. The summed E-state index contributed by atoms with van der Waals surface area (Å²) in [6.45, 7) is 0.0122. The molecule has 2 N–H and O–H groups in total. The van der Waals surface area contributed by atoms with E-state index < -0.39 is 35.0 Å². The van der Waals surface area contributed by atoms with Crippen LogP contribution in [0.15, 0.2) is 42.5 Å². The molecule has 2 aliphatic rings. The van der Waals surface area contributed by atoms with Crippen molar-refractivity contribution in [2.45, 2.75) is 43.6 Å². The van der Waals surface area contributed by atoms with E-state index in [4.69, 9.17) is 22.6 Å². The number of carboxylic acids is 1. The third kappa shape index (κ3) is 4.03. The molecule has 1 saturated heterocycles. The highest BCUT2D eigenvalue weighted by Crippen LogP contribution is 2.48. The molecule has 0 amide bonds. The standard InChI is InChI=1S/C23H20F3N3O3S/c24-23(25,26)18-11-17(7-4-15(18)12-27)28-13-19(33)29(22(21(28)32)8-1-9-22)16-5-2-14(3-6-16)10-20(30)31/h2-7,11,21,32H,1,8-10,13H2,(H,30,31). The van der Waals surface area contributed by atoms with Crippen molar-refractivity contribution in [2.24, 2.45) is 0 Å². The molecule has 1 spiro atoms. The van der Waals surface area contributed by atoms with Crippen LogP contribution in [0.1, 0.15) is 36.0 Å². The first-order chi connectivity index (χ1) is 15.6. The highest BCUT2D eigenvalue weighted by Gasteiger charge is 2.55. The van der Waals surface area contributed by atoms with Gasteiger partial charge >= 0.3 is 12.1 Å². The molecule has 2 aromatic carbocycles. The van der Waals surface area contributed by atoms with E-state index in [9.17, 15) is 23.1 Å². The van der Waals surface area contributed by atoms with Crippen molar-refractivity contribution in [1.29, 1.82) is 5.26 Å². The van der Waals surface area contributed by atoms with Gasteiger partial charge in [0.05, 0.1) is 35.7 Å². The van der Waals surface area contributed by atoms with Gasteiger partial charge in [0.25, 0.3) is 0 Å². The van der Waals surface area contributed by atoms with E-state index >= 15 is 0 Å². The Kier molecular flexibility index (Phi) is 5.80. The Morgan fingerprint density at radius 3 is 2.33 bits per heavy atom. The van der Waals surface area contributed by atoms with Crippen molar-refractivity contribution in [3.05, 3.63) is 59.2 Å². The molecule has 2 fully saturated rings. The number of nitriles is 1. The SMILES string of the molecule is N#Cc1ccc(N2CC(=S)N(c3ccc(CC(=O)O)cc3)C3(CCC3)C2O)cc1C(F)(F)F. The second-order valence-electron chi connectivity index (χ2n) is 8.26. The Hall–Kier alpha value is -3.16. The van der Waals surface area contributed by atoms with Crippen LogP contribution in [0, 0.1) is 11.3 Å². The molecule has 1 atom stereocenters. The van der Waals surface area contributed by atoms with Crippen molar-refractivity contribution < 1.29 is 28.2 Å². The molecule has 4 rings (SSSR count). The van der Waals surface area contributed by atoms with Crippen LogP contribution in [-0.2, 0) is 17.4 Å². The number of aliphatic carboxylic acids is 1. The number of alkyl halides is 3. The maximum absolute atomic E-state index is 13.5. The zero-order valence-electron chi connectivity index (χ0n) is 17.3. The predicted octanol–water partition coefficient (Wildman–Crippen LogP) is 4.10. The quantitative estimate of drug-likeness (QED) is 0.644. The van der Waals surface area contributed by atoms with Crippen LogP contribution < -0.4 is 9.80 Å². The smallest absolute Gasteiger partial charge is 0.417 e. The van der Waals surface area contributed by atoms with Crippen molar-refractivity contribution in [3.8, 4) is 6.07 Å². The fourth-order valence-electron chi connectivity index (χ4n) is 4.59. The Balaban J connectivity index is 1.69. The molecule has 6 nitrogen and oxygen atoms in total. The summed E-state index contributed by atoms with van der Waals surface area (Å²) in [5, 5.41) is 29.4. The first kappa shape index (κ1) is 23.0. The van der Waals surface area contributed by atoms with E-state index in [1.807, 2.05) is 4.90 Å². The van der Waals surface area contributed by atoms with Crippen LogP contribution in [0.25, 0.3) is 0 Å². The molecule has 0 radical (unpaired) electrons. The summed E-state index contributed by atoms with van der Waals surface area (Å²) in [6, 6.07) is 11.8. The predicted molar refractivity (Wildman–Crippen MR) is 119 cm³/mol. The third-order valence-electron chi connectivity index (χ3n) is 6.31. The summed E-state index contributed by atoms with van der Waals surface area (Å²) in [5.41, 5.74) is -0.893. The van der Waals surface area contributed by atoms with Crippen LogP contribution in [0.4, 0.5) is 24.5 Å². The molecule has 0 bridgehead atoms. The fourth-order valence-corrected chi connectivity index (χ4v) is 5.02. The number of halogens is 3. The van der Waals surface area contributed by atoms with Crippen LogP contribution in [0.2, 0.25) is 0 Å². The molecular formula is C23H20F3N3O3S. The fraction of sp³-hybridized carbons (Fsp3) is 0.348. The van der Waals surface area contributed by atoms with Gasteiger partial charge in [-0.3, -0.25) is 4.79 Å². The van der Waals surface area contributed by atoms with Gasteiger partial charge in [0.2, 0.25) is 0 Å². The van der Waals surface area contributed by atoms with E-state index in [-0.39, 0.29) is 18.7 Å². The number of rotatable bonds is 4. The summed E-state index contributed by atoms with van der Waals surface area (Å²) < 4.78 is 40.4. The minimum Gasteiger partial charge on any atom is -0.481 e. The van der Waals surface area contributed by atoms with E-state index in [0.29, 0.717) is 29.1 Å². The lowest BCUT2D eigenvalue weighted by molar-refractivity contribution is -0.138. The number of carbonyl (C=O) groups is 1. The lowest BCUT2D eigenvalue weighted by Gasteiger charge is -2.60. The number of benzene rings is 2. The number of nitrogens with zero attached hydrogens (tertiary/aromatic N) is 3. The molecule has 33 heavy (non-hydrogen) atoms. The minimum absolute atomic E-state index is 0.0122. The van der Waals surface area contributed by atoms with Crippen LogP contribution in [0.5, 0.6) is 0 Å². The van der Waals surface area contributed by atoms with Crippen LogP contribution >= 0.6 is 12.2 Å². The van der Waals surface area contributed by atoms with Crippen molar-refractivity contribution in [1.82, 2.24) is 0 Å².